The monoisotopic (exact) mass is 373 g/mol. The first-order valence-corrected chi connectivity index (χ1v) is 9.57. The Hall–Kier alpha value is -2.25. The van der Waals surface area contributed by atoms with E-state index >= 15 is 0 Å². The van der Waals surface area contributed by atoms with Crippen LogP contribution in [-0.4, -0.2) is 39.5 Å². The molecule has 2 heterocycles. The highest BCUT2D eigenvalue weighted by molar-refractivity contribution is 7.09. The molecule has 0 aliphatic carbocycles. The van der Waals surface area contributed by atoms with Crippen molar-refractivity contribution in [1.82, 2.24) is 9.88 Å². The van der Waals surface area contributed by atoms with Crippen LogP contribution in [0.5, 0.6) is 0 Å². The molecular formula is C19H23N3O3S. The van der Waals surface area contributed by atoms with E-state index in [0.29, 0.717) is 13.0 Å². The van der Waals surface area contributed by atoms with Gasteiger partial charge < -0.3 is 10.4 Å². The zero-order chi connectivity index (χ0) is 18.7. The first-order valence-electron chi connectivity index (χ1n) is 8.69. The van der Waals surface area contributed by atoms with Gasteiger partial charge in [0.25, 0.3) is 0 Å². The standard InChI is InChI=1S/C19H23N3O3S/c1-12-5-6-13(2)15(8-12)21-17(23)9-18-20-14(11-26-18)10-22-7-3-4-16(22)19(24)25/h5-6,8,11,16H,3-4,7,9-10H2,1-2H3,(H,21,23)(H,24,25)/t16-/m0/s1. The molecule has 1 atom stereocenters. The van der Waals surface area contributed by atoms with Crippen LogP contribution in [0.1, 0.15) is 34.7 Å². The van der Waals surface area contributed by atoms with Crippen LogP contribution in [0, 0.1) is 13.8 Å². The van der Waals surface area contributed by atoms with Crippen molar-refractivity contribution in [2.75, 3.05) is 11.9 Å². The topological polar surface area (TPSA) is 82.5 Å². The van der Waals surface area contributed by atoms with Crippen LogP contribution in [0.3, 0.4) is 0 Å². The van der Waals surface area contributed by atoms with E-state index in [1.165, 1.54) is 11.3 Å². The predicted molar refractivity (Wildman–Crippen MR) is 101 cm³/mol. The number of carbonyl (C=O) groups excluding carboxylic acids is 1. The summed E-state index contributed by atoms with van der Waals surface area (Å²) in [5.74, 6) is -0.866. The molecule has 1 aliphatic rings. The van der Waals surface area contributed by atoms with Crippen molar-refractivity contribution in [2.24, 2.45) is 0 Å². The van der Waals surface area contributed by atoms with Crippen molar-refractivity contribution in [3.05, 3.63) is 45.4 Å². The zero-order valence-corrected chi connectivity index (χ0v) is 15.8. The molecule has 2 aromatic rings. The van der Waals surface area contributed by atoms with Crippen molar-refractivity contribution >= 4 is 28.9 Å². The molecular weight excluding hydrogens is 350 g/mol. The lowest BCUT2D eigenvalue weighted by Gasteiger charge is -2.19. The molecule has 1 fully saturated rings. The number of amides is 1. The largest absolute Gasteiger partial charge is 0.480 e. The normalized spacial score (nSPS) is 17.4. The number of benzene rings is 1. The van der Waals surface area contributed by atoms with Gasteiger partial charge in [0.15, 0.2) is 0 Å². The molecule has 7 heteroatoms. The van der Waals surface area contributed by atoms with Gasteiger partial charge in [0.1, 0.15) is 11.0 Å². The van der Waals surface area contributed by atoms with Crippen molar-refractivity contribution in [1.29, 1.82) is 0 Å². The second-order valence-electron chi connectivity index (χ2n) is 6.74. The third-order valence-corrected chi connectivity index (χ3v) is 5.49. The van der Waals surface area contributed by atoms with Crippen LogP contribution in [0.25, 0.3) is 0 Å². The Labute approximate surface area is 156 Å². The summed E-state index contributed by atoms with van der Waals surface area (Å²) in [6.45, 7) is 5.25. The van der Waals surface area contributed by atoms with Gasteiger partial charge in [-0.3, -0.25) is 14.5 Å². The molecule has 0 spiro atoms. The fourth-order valence-corrected chi connectivity index (χ4v) is 3.99. The van der Waals surface area contributed by atoms with Crippen LogP contribution in [0.2, 0.25) is 0 Å². The van der Waals surface area contributed by atoms with E-state index in [0.717, 1.165) is 40.5 Å². The van der Waals surface area contributed by atoms with Gasteiger partial charge in [-0.1, -0.05) is 12.1 Å². The summed E-state index contributed by atoms with van der Waals surface area (Å²) in [5.41, 5.74) is 3.78. The van der Waals surface area contributed by atoms with Crippen LogP contribution in [0.4, 0.5) is 5.69 Å². The summed E-state index contributed by atoms with van der Waals surface area (Å²) in [6, 6.07) is 5.54. The third-order valence-electron chi connectivity index (χ3n) is 4.59. The quantitative estimate of drug-likeness (QED) is 0.813. The number of anilines is 1. The molecule has 0 bridgehead atoms. The van der Waals surface area contributed by atoms with Gasteiger partial charge in [0.05, 0.1) is 12.1 Å². The molecule has 0 unspecified atom stereocenters. The fourth-order valence-electron chi connectivity index (χ4n) is 3.21. The van der Waals surface area contributed by atoms with Gasteiger partial charge in [0.2, 0.25) is 5.91 Å². The summed E-state index contributed by atoms with van der Waals surface area (Å²) in [5, 5.41) is 14.9. The zero-order valence-electron chi connectivity index (χ0n) is 15.0. The Kier molecular flexibility index (Phi) is 5.68. The van der Waals surface area contributed by atoms with Gasteiger partial charge in [-0.05, 0) is 50.4 Å². The third kappa shape index (κ3) is 4.47. The van der Waals surface area contributed by atoms with E-state index in [1.54, 1.807) is 0 Å². The Morgan fingerprint density at radius 1 is 1.38 bits per heavy atom. The molecule has 6 nitrogen and oxygen atoms in total. The van der Waals surface area contributed by atoms with E-state index in [2.05, 4.69) is 10.3 Å². The first kappa shape index (κ1) is 18.5. The van der Waals surface area contributed by atoms with E-state index in [-0.39, 0.29) is 12.3 Å². The highest BCUT2D eigenvalue weighted by Crippen LogP contribution is 2.22. The Morgan fingerprint density at radius 3 is 2.96 bits per heavy atom. The number of carbonyl (C=O) groups is 2. The van der Waals surface area contributed by atoms with E-state index in [1.807, 2.05) is 42.3 Å². The molecule has 2 N–H and O–H groups in total. The average Bonchev–Trinajstić information content (AvgIpc) is 3.21. The van der Waals surface area contributed by atoms with Crippen LogP contribution < -0.4 is 5.32 Å². The van der Waals surface area contributed by atoms with Crippen molar-refractivity contribution in [3.63, 3.8) is 0 Å². The first-order chi connectivity index (χ1) is 12.4. The number of nitrogens with one attached hydrogen (secondary N) is 1. The summed E-state index contributed by atoms with van der Waals surface area (Å²) >= 11 is 1.44. The minimum absolute atomic E-state index is 0.0933. The molecule has 0 saturated carbocycles. The number of hydrogen-bond donors (Lipinski definition) is 2. The maximum Gasteiger partial charge on any atom is 0.320 e. The second-order valence-corrected chi connectivity index (χ2v) is 7.69. The molecule has 26 heavy (non-hydrogen) atoms. The lowest BCUT2D eigenvalue weighted by atomic mass is 10.1. The van der Waals surface area contributed by atoms with Crippen molar-refractivity contribution in [2.45, 2.75) is 45.7 Å². The van der Waals surface area contributed by atoms with Crippen LogP contribution in [0.15, 0.2) is 23.6 Å². The number of carboxylic acids is 1. The van der Waals surface area contributed by atoms with Gasteiger partial charge in [-0.15, -0.1) is 11.3 Å². The van der Waals surface area contributed by atoms with Gasteiger partial charge in [-0.25, -0.2) is 4.98 Å². The molecule has 3 rings (SSSR count). The van der Waals surface area contributed by atoms with Gasteiger partial charge in [-0.2, -0.15) is 0 Å². The molecule has 1 saturated heterocycles. The smallest absolute Gasteiger partial charge is 0.320 e. The Balaban J connectivity index is 1.59. The molecule has 1 aromatic carbocycles. The lowest BCUT2D eigenvalue weighted by molar-refractivity contribution is -0.142. The van der Waals surface area contributed by atoms with Gasteiger partial charge >= 0.3 is 5.97 Å². The fraction of sp³-hybridized carbons (Fsp3) is 0.421. The maximum atomic E-state index is 12.3. The average molecular weight is 373 g/mol. The van der Waals surface area contributed by atoms with Crippen LogP contribution >= 0.6 is 11.3 Å². The number of thiazole rings is 1. The SMILES string of the molecule is Cc1ccc(C)c(NC(=O)Cc2nc(CN3CCC[C@H]3C(=O)O)cs2)c1. The Morgan fingerprint density at radius 2 is 2.19 bits per heavy atom. The summed E-state index contributed by atoms with van der Waals surface area (Å²) in [4.78, 5) is 30.0. The molecule has 1 aliphatic heterocycles. The van der Waals surface area contributed by atoms with E-state index in [9.17, 15) is 14.7 Å². The summed E-state index contributed by atoms with van der Waals surface area (Å²) < 4.78 is 0. The number of hydrogen-bond acceptors (Lipinski definition) is 5. The summed E-state index contributed by atoms with van der Waals surface area (Å²) in [7, 11) is 0. The number of carboxylic acid groups (broad SMARTS) is 1. The minimum atomic E-state index is -0.772. The Bertz CT molecular complexity index is 818. The molecule has 138 valence electrons. The van der Waals surface area contributed by atoms with Crippen molar-refractivity contribution < 1.29 is 14.7 Å². The van der Waals surface area contributed by atoms with Crippen molar-refractivity contribution in [3.8, 4) is 0 Å². The summed E-state index contributed by atoms with van der Waals surface area (Å²) in [6.07, 6.45) is 1.80. The van der Waals surface area contributed by atoms with Crippen LogP contribution in [-0.2, 0) is 22.6 Å². The maximum absolute atomic E-state index is 12.3. The molecule has 0 radical (unpaired) electrons. The van der Waals surface area contributed by atoms with E-state index in [4.69, 9.17) is 0 Å². The number of rotatable bonds is 6. The minimum Gasteiger partial charge on any atom is -0.480 e. The number of nitrogens with zero attached hydrogens (tertiary/aromatic N) is 2. The predicted octanol–water partition coefficient (Wildman–Crippen LogP) is 2.99. The highest BCUT2D eigenvalue weighted by Gasteiger charge is 2.30. The van der Waals surface area contributed by atoms with E-state index < -0.39 is 12.0 Å². The number of likely N-dealkylation sites (tertiary alicyclic amines) is 1. The lowest BCUT2D eigenvalue weighted by Crippen LogP contribution is -2.35. The number of aliphatic carboxylic acids is 1. The highest BCUT2D eigenvalue weighted by atomic mass is 32.1. The number of aryl methyl sites for hydroxylation is 2. The molecule has 1 aromatic heterocycles. The molecule has 1 amide bonds. The second kappa shape index (κ2) is 7.97. The number of aromatic nitrogens is 1. The van der Waals surface area contributed by atoms with Gasteiger partial charge in [0, 0.05) is 17.6 Å².